The molecule has 15 heavy (non-hydrogen) atoms. The van der Waals surface area contributed by atoms with Gasteiger partial charge in [0.15, 0.2) is 0 Å². The fourth-order valence-corrected chi connectivity index (χ4v) is 1.56. The molecule has 84 valence electrons. The molecule has 0 aromatic heterocycles. The van der Waals surface area contributed by atoms with Crippen LogP contribution in [0.5, 0.6) is 5.75 Å². The Morgan fingerprint density at radius 3 is 2.73 bits per heavy atom. The van der Waals surface area contributed by atoms with Crippen LogP contribution in [-0.2, 0) is 11.2 Å². The fraction of sp³-hybridized carbons (Fsp3) is 0.500. The summed E-state index contributed by atoms with van der Waals surface area (Å²) < 4.78 is 10.5. The third kappa shape index (κ3) is 4.10. The van der Waals surface area contributed by atoms with Crippen molar-refractivity contribution in [1.29, 1.82) is 0 Å². The minimum Gasteiger partial charge on any atom is -0.493 e. The van der Waals surface area contributed by atoms with E-state index in [1.807, 2.05) is 18.2 Å². The molecule has 0 saturated heterocycles. The first kappa shape index (κ1) is 12.3. The summed E-state index contributed by atoms with van der Waals surface area (Å²) in [5, 5.41) is 0.807. The second kappa shape index (κ2) is 6.70. The van der Waals surface area contributed by atoms with Gasteiger partial charge in [-0.15, -0.1) is 0 Å². The molecule has 0 aliphatic rings. The lowest BCUT2D eigenvalue weighted by Crippen LogP contribution is -2.01. The summed E-state index contributed by atoms with van der Waals surface area (Å²) in [5.74, 6) is 0.882. The Kier molecular flexibility index (Phi) is 5.51. The van der Waals surface area contributed by atoms with Gasteiger partial charge in [-0.05, 0) is 30.2 Å². The van der Waals surface area contributed by atoms with Crippen molar-refractivity contribution in [3.05, 3.63) is 28.8 Å². The zero-order valence-electron chi connectivity index (χ0n) is 9.25. The molecule has 1 rings (SSSR count). The molecule has 0 aliphatic heterocycles. The molecule has 0 bridgehead atoms. The van der Waals surface area contributed by atoms with Gasteiger partial charge in [-0.25, -0.2) is 0 Å². The normalized spacial score (nSPS) is 10.3. The quantitative estimate of drug-likeness (QED) is 0.696. The lowest BCUT2D eigenvalue weighted by atomic mass is 10.1. The predicted molar refractivity (Wildman–Crippen MR) is 62.8 cm³/mol. The summed E-state index contributed by atoms with van der Waals surface area (Å²) in [7, 11) is 1.69. The van der Waals surface area contributed by atoms with Crippen molar-refractivity contribution >= 4 is 11.6 Å². The van der Waals surface area contributed by atoms with Gasteiger partial charge in [-0.3, -0.25) is 0 Å². The molecule has 0 saturated carbocycles. The molecule has 0 heterocycles. The van der Waals surface area contributed by atoms with E-state index in [0.29, 0.717) is 6.61 Å². The summed E-state index contributed by atoms with van der Waals surface area (Å²) in [4.78, 5) is 0. The number of hydrogen-bond acceptors (Lipinski definition) is 2. The van der Waals surface area contributed by atoms with E-state index in [-0.39, 0.29) is 0 Å². The number of ether oxygens (including phenoxy) is 2. The second-order valence-corrected chi connectivity index (χ2v) is 3.71. The fourth-order valence-electron chi connectivity index (χ4n) is 1.31. The number of benzene rings is 1. The third-order valence-electron chi connectivity index (χ3n) is 2.16. The number of rotatable bonds is 6. The smallest absolute Gasteiger partial charge is 0.119 e. The maximum atomic E-state index is 6.00. The maximum Gasteiger partial charge on any atom is 0.119 e. The van der Waals surface area contributed by atoms with E-state index in [2.05, 4.69) is 6.92 Å². The Morgan fingerprint density at radius 2 is 2.07 bits per heavy atom. The monoisotopic (exact) mass is 228 g/mol. The van der Waals surface area contributed by atoms with E-state index in [4.69, 9.17) is 21.1 Å². The highest BCUT2D eigenvalue weighted by Gasteiger charge is 2.00. The van der Waals surface area contributed by atoms with Crippen LogP contribution >= 0.6 is 11.6 Å². The predicted octanol–water partition coefficient (Wildman–Crippen LogP) is 3.32. The molecule has 0 spiro atoms. The average Bonchev–Trinajstić information content (AvgIpc) is 2.26. The lowest BCUT2D eigenvalue weighted by molar-refractivity contribution is 0.172. The minimum absolute atomic E-state index is 0.679. The van der Waals surface area contributed by atoms with Crippen molar-refractivity contribution in [2.45, 2.75) is 19.8 Å². The van der Waals surface area contributed by atoms with Crippen LogP contribution in [0.1, 0.15) is 18.9 Å². The summed E-state index contributed by atoms with van der Waals surface area (Å²) >= 11 is 6.00. The van der Waals surface area contributed by atoms with Crippen LogP contribution in [0.3, 0.4) is 0 Å². The van der Waals surface area contributed by atoms with Gasteiger partial charge in [0.1, 0.15) is 5.75 Å². The molecule has 0 atom stereocenters. The van der Waals surface area contributed by atoms with E-state index in [0.717, 1.165) is 35.8 Å². The van der Waals surface area contributed by atoms with E-state index in [9.17, 15) is 0 Å². The van der Waals surface area contributed by atoms with Crippen LogP contribution < -0.4 is 4.74 Å². The van der Waals surface area contributed by atoms with Crippen molar-refractivity contribution in [3.63, 3.8) is 0 Å². The van der Waals surface area contributed by atoms with Crippen LogP contribution in [0.25, 0.3) is 0 Å². The van der Waals surface area contributed by atoms with E-state index >= 15 is 0 Å². The SMILES string of the molecule is CCc1cc(OCCCOC)ccc1Cl. The van der Waals surface area contributed by atoms with Crippen molar-refractivity contribution in [3.8, 4) is 5.75 Å². The largest absolute Gasteiger partial charge is 0.493 e. The Balaban J connectivity index is 2.47. The van der Waals surface area contributed by atoms with E-state index < -0.39 is 0 Å². The summed E-state index contributed by atoms with van der Waals surface area (Å²) in [5.41, 5.74) is 1.13. The molecule has 1 aromatic rings. The van der Waals surface area contributed by atoms with E-state index in [1.54, 1.807) is 7.11 Å². The Morgan fingerprint density at radius 1 is 1.27 bits per heavy atom. The van der Waals surface area contributed by atoms with Gasteiger partial charge < -0.3 is 9.47 Å². The van der Waals surface area contributed by atoms with E-state index in [1.165, 1.54) is 0 Å². The van der Waals surface area contributed by atoms with Crippen LogP contribution in [-0.4, -0.2) is 20.3 Å². The zero-order chi connectivity index (χ0) is 11.1. The second-order valence-electron chi connectivity index (χ2n) is 3.30. The molecule has 3 heteroatoms. The summed E-state index contributed by atoms with van der Waals surface area (Å²) in [6.45, 7) is 3.49. The van der Waals surface area contributed by atoms with Crippen LogP contribution in [0.2, 0.25) is 5.02 Å². The van der Waals surface area contributed by atoms with Gasteiger partial charge >= 0.3 is 0 Å². The standard InChI is InChI=1S/C12H17ClO2/c1-3-10-9-11(5-6-12(10)13)15-8-4-7-14-2/h5-6,9H,3-4,7-8H2,1-2H3. The molecule has 0 N–H and O–H groups in total. The van der Waals surface area contributed by atoms with Gasteiger partial charge in [0, 0.05) is 25.2 Å². The molecule has 0 radical (unpaired) electrons. The van der Waals surface area contributed by atoms with Crippen LogP contribution in [0.15, 0.2) is 18.2 Å². The number of methoxy groups -OCH3 is 1. The molecule has 0 unspecified atom stereocenters. The van der Waals surface area contributed by atoms with Crippen molar-refractivity contribution in [2.75, 3.05) is 20.3 Å². The first-order valence-corrected chi connectivity index (χ1v) is 5.56. The van der Waals surface area contributed by atoms with Crippen LogP contribution in [0.4, 0.5) is 0 Å². The molecular weight excluding hydrogens is 212 g/mol. The molecule has 0 aliphatic carbocycles. The topological polar surface area (TPSA) is 18.5 Å². The van der Waals surface area contributed by atoms with Gasteiger partial charge in [0.2, 0.25) is 0 Å². The molecule has 0 fully saturated rings. The lowest BCUT2D eigenvalue weighted by Gasteiger charge is -2.08. The maximum absolute atomic E-state index is 6.00. The van der Waals surface area contributed by atoms with Crippen LogP contribution in [0, 0.1) is 0 Å². The van der Waals surface area contributed by atoms with Gasteiger partial charge in [-0.2, -0.15) is 0 Å². The van der Waals surface area contributed by atoms with Gasteiger partial charge in [0.05, 0.1) is 6.61 Å². The highest BCUT2D eigenvalue weighted by molar-refractivity contribution is 6.31. The zero-order valence-corrected chi connectivity index (χ0v) is 10.0. The highest BCUT2D eigenvalue weighted by atomic mass is 35.5. The molecule has 1 aromatic carbocycles. The number of aryl methyl sites for hydroxylation is 1. The summed E-state index contributed by atoms with van der Waals surface area (Å²) in [6, 6.07) is 5.77. The van der Waals surface area contributed by atoms with Crippen molar-refractivity contribution < 1.29 is 9.47 Å². The first-order valence-electron chi connectivity index (χ1n) is 5.18. The average molecular weight is 229 g/mol. The Hall–Kier alpha value is -0.730. The molecule has 2 nitrogen and oxygen atoms in total. The molecule has 0 amide bonds. The number of hydrogen-bond donors (Lipinski definition) is 0. The number of halogens is 1. The Labute approximate surface area is 96.2 Å². The van der Waals surface area contributed by atoms with Gasteiger partial charge in [-0.1, -0.05) is 18.5 Å². The molecular formula is C12H17ClO2. The van der Waals surface area contributed by atoms with Gasteiger partial charge in [0.25, 0.3) is 0 Å². The minimum atomic E-state index is 0.679. The third-order valence-corrected chi connectivity index (χ3v) is 2.53. The van der Waals surface area contributed by atoms with Crippen molar-refractivity contribution in [2.24, 2.45) is 0 Å². The van der Waals surface area contributed by atoms with Crippen molar-refractivity contribution in [1.82, 2.24) is 0 Å². The highest BCUT2D eigenvalue weighted by Crippen LogP contribution is 2.22. The first-order chi connectivity index (χ1) is 7.27. The Bertz CT molecular complexity index is 300. The summed E-state index contributed by atoms with van der Waals surface area (Å²) in [6.07, 6.45) is 1.83.